The average Bonchev–Trinajstić information content (AvgIpc) is 3.51. The molecule has 0 bridgehead atoms. The molecule has 28 heavy (non-hydrogen) atoms. The Kier molecular flexibility index (Phi) is 5.00. The van der Waals surface area contributed by atoms with Gasteiger partial charge in [-0.1, -0.05) is 12.1 Å². The lowest BCUT2D eigenvalue weighted by molar-refractivity contribution is 0.340. The van der Waals surface area contributed by atoms with Gasteiger partial charge in [0.25, 0.3) is 0 Å². The molecule has 0 saturated heterocycles. The molecule has 0 aliphatic heterocycles. The van der Waals surface area contributed by atoms with Gasteiger partial charge in [-0.15, -0.1) is 0 Å². The Balaban J connectivity index is 1.88. The minimum atomic E-state index is 0.471. The molecule has 3 aromatic rings. The number of nitriles is 1. The third kappa shape index (κ3) is 3.11. The lowest BCUT2D eigenvalue weighted by Gasteiger charge is -2.21. The third-order valence-electron chi connectivity index (χ3n) is 5.58. The molecular formula is C24H27N3O. The molecule has 0 unspecified atom stereocenters. The number of rotatable bonds is 7. The maximum atomic E-state index is 9.98. The number of hydrogen-bond acceptors (Lipinski definition) is 3. The van der Waals surface area contributed by atoms with Crippen molar-refractivity contribution in [3.8, 4) is 23.1 Å². The number of anilines is 1. The summed E-state index contributed by atoms with van der Waals surface area (Å²) in [6.45, 7) is 8.95. The summed E-state index contributed by atoms with van der Waals surface area (Å²) in [6, 6.07) is 17.7. The Labute approximate surface area is 166 Å². The Morgan fingerprint density at radius 2 is 1.79 bits per heavy atom. The van der Waals surface area contributed by atoms with Gasteiger partial charge >= 0.3 is 0 Å². The van der Waals surface area contributed by atoms with Crippen LogP contribution in [0.15, 0.2) is 42.5 Å². The predicted octanol–water partition coefficient (Wildman–Crippen LogP) is 5.76. The molecule has 0 N–H and O–H groups in total. The topological polar surface area (TPSA) is 41.2 Å². The van der Waals surface area contributed by atoms with E-state index >= 15 is 0 Å². The van der Waals surface area contributed by atoms with E-state index in [1.165, 1.54) is 5.69 Å². The van der Waals surface area contributed by atoms with Crippen LogP contribution in [0.4, 0.5) is 5.69 Å². The molecule has 4 heteroatoms. The van der Waals surface area contributed by atoms with Crippen LogP contribution in [0.25, 0.3) is 22.2 Å². The van der Waals surface area contributed by atoms with Crippen molar-refractivity contribution in [1.29, 1.82) is 5.26 Å². The Hall–Kier alpha value is -2.93. The van der Waals surface area contributed by atoms with Crippen molar-refractivity contribution < 1.29 is 4.74 Å². The fourth-order valence-corrected chi connectivity index (χ4v) is 4.07. The van der Waals surface area contributed by atoms with Crippen molar-refractivity contribution in [3.63, 3.8) is 0 Å². The zero-order chi connectivity index (χ0) is 19.7. The number of nitrogens with zero attached hydrogens (tertiary/aromatic N) is 3. The van der Waals surface area contributed by atoms with Gasteiger partial charge in [0.15, 0.2) is 0 Å². The highest BCUT2D eigenvalue weighted by Crippen LogP contribution is 2.45. The fraction of sp³-hybridized carbons (Fsp3) is 0.375. The number of benzene rings is 2. The summed E-state index contributed by atoms with van der Waals surface area (Å²) in [6.07, 6.45) is 2.33. The van der Waals surface area contributed by atoms with Gasteiger partial charge in [-0.2, -0.15) is 5.26 Å². The zero-order valence-corrected chi connectivity index (χ0v) is 16.9. The van der Waals surface area contributed by atoms with Gasteiger partial charge in [-0.25, -0.2) is 0 Å². The van der Waals surface area contributed by atoms with Crippen molar-refractivity contribution in [1.82, 2.24) is 4.57 Å². The van der Waals surface area contributed by atoms with E-state index in [-0.39, 0.29) is 0 Å². The van der Waals surface area contributed by atoms with E-state index in [0.29, 0.717) is 12.6 Å². The second-order valence-corrected chi connectivity index (χ2v) is 7.27. The summed E-state index contributed by atoms with van der Waals surface area (Å²) in [4.78, 5) is 2.33. The third-order valence-corrected chi connectivity index (χ3v) is 5.58. The highest BCUT2D eigenvalue weighted by atomic mass is 16.5. The second-order valence-electron chi connectivity index (χ2n) is 7.27. The van der Waals surface area contributed by atoms with E-state index in [1.807, 2.05) is 19.1 Å². The molecule has 1 fully saturated rings. The number of ether oxygens (including phenoxy) is 1. The SMILES string of the molecule is CCOc1ccc2c(C#N)c(-c3ccc(N(CC)CC)cc3)n(C3CC3)c2c1. The maximum absolute atomic E-state index is 9.98. The highest BCUT2D eigenvalue weighted by molar-refractivity contribution is 5.95. The molecule has 4 nitrogen and oxygen atoms in total. The average molecular weight is 374 g/mol. The van der Waals surface area contributed by atoms with Gasteiger partial charge < -0.3 is 14.2 Å². The predicted molar refractivity (Wildman–Crippen MR) is 115 cm³/mol. The molecule has 4 rings (SSSR count). The van der Waals surface area contributed by atoms with Gasteiger partial charge in [0, 0.05) is 36.3 Å². The minimum absolute atomic E-state index is 0.471. The van der Waals surface area contributed by atoms with E-state index in [0.717, 1.165) is 59.4 Å². The van der Waals surface area contributed by atoms with E-state index in [9.17, 15) is 5.26 Å². The lowest BCUT2D eigenvalue weighted by atomic mass is 10.1. The second kappa shape index (κ2) is 7.59. The summed E-state index contributed by atoms with van der Waals surface area (Å²) >= 11 is 0. The van der Waals surface area contributed by atoms with Crippen LogP contribution in [0.2, 0.25) is 0 Å². The molecule has 0 atom stereocenters. The molecular weight excluding hydrogens is 346 g/mol. The molecule has 144 valence electrons. The molecule has 1 heterocycles. The lowest BCUT2D eigenvalue weighted by Crippen LogP contribution is -2.21. The number of fused-ring (bicyclic) bond motifs is 1. The molecule has 2 aromatic carbocycles. The van der Waals surface area contributed by atoms with Crippen LogP contribution in [0.3, 0.4) is 0 Å². The normalized spacial score (nSPS) is 13.5. The first-order valence-electron chi connectivity index (χ1n) is 10.3. The molecule has 1 aliphatic rings. The van der Waals surface area contributed by atoms with Crippen LogP contribution in [0, 0.1) is 11.3 Å². The Morgan fingerprint density at radius 3 is 2.36 bits per heavy atom. The summed E-state index contributed by atoms with van der Waals surface area (Å²) in [5.74, 6) is 0.863. The standard InChI is InChI=1S/C24H27N3O/c1-4-26(5-2)18-9-7-17(8-10-18)24-22(16-25)21-14-13-20(28-6-3)15-23(21)27(24)19-11-12-19/h7-10,13-15,19H,4-6,11-12H2,1-3H3. The van der Waals surface area contributed by atoms with Gasteiger partial charge in [0.1, 0.15) is 11.8 Å². The summed E-state index contributed by atoms with van der Waals surface area (Å²) in [7, 11) is 0. The van der Waals surface area contributed by atoms with Gasteiger partial charge in [-0.3, -0.25) is 0 Å². The zero-order valence-electron chi connectivity index (χ0n) is 16.9. The van der Waals surface area contributed by atoms with Crippen LogP contribution in [-0.2, 0) is 0 Å². The van der Waals surface area contributed by atoms with E-state index < -0.39 is 0 Å². The Morgan fingerprint density at radius 1 is 1.07 bits per heavy atom. The largest absolute Gasteiger partial charge is 0.494 e. The van der Waals surface area contributed by atoms with Crippen LogP contribution in [-0.4, -0.2) is 24.3 Å². The summed E-state index contributed by atoms with van der Waals surface area (Å²) in [5.41, 5.74) is 5.24. The minimum Gasteiger partial charge on any atom is -0.494 e. The number of aromatic nitrogens is 1. The monoisotopic (exact) mass is 373 g/mol. The quantitative estimate of drug-likeness (QED) is 0.529. The molecule has 1 aliphatic carbocycles. The molecule has 1 aromatic heterocycles. The molecule has 0 amide bonds. The summed E-state index contributed by atoms with van der Waals surface area (Å²) in [5, 5.41) is 11.0. The maximum Gasteiger partial charge on any atom is 0.121 e. The van der Waals surface area contributed by atoms with Crippen molar-refractivity contribution in [3.05, 3.63) is 48.0 Å². The van der Waals surface area contributed by atoms with Crippen LogP contribution < -0.4 is 9.64 Å². The van der Waals surface area contributed by atoms with E-state index in [4.69, 9.17) is 4.74 Å². The fourth-order valence-electron chi connectivity index (χ4n) is 4.07. The first-order valence-corrected chi connectivity index (χ1v) is 10.3. The van der Waals surface area contributed by atoms with Crippen molar-refractivity contribution in [2.45, 2.75) is 39.7 Å². The van der Waals surface area contributed by atoms with E-state index in [1.54, 1.807) is 0 Å². The van der Waals surface area contributed by atoms with Gasteiger partial charge in [-0.05, 0) is 63.4 Å². The van der Waals surface area contributed by atoms with Gasteiger partial charge in [0.05, 0.1) is 23.4 Å². The Bertz CT molecular complexity index is 1020. The molecule has 1 saturated carbocycles. The summed E-state index contributed by atoms with van der Waals surface area (Å²) < 4.78 is 8.09. The van der Waals surface area contributed by atoms with Gasteiger partial charge in [0.2, 0.25) is 0 Å². The smallest absolute Gasteiger partial charge is 0.121 e. The highest BCUT2D eigenvalue weighted by Gasteiger charge is 2.30. The van der Waals surface area contributed by atoms with Crippen molar-refractivity contribution in [2.75, 3.05) is 24.6 Å². The van der Waals surface area contributed by atoms with Crippen molar-refractivity contribution >= 4 is 16.6 Å². The van der Waals surface area contributed by atoms with Crippen molar-refractivity contribution in [2.24, 2.45) is 0 Å². The molecule has 0 spiro atoms. The number of hydrogen-bond donors (Lipinski definition) is 0. The van der Waals surface area contributed by atoms with Crippen LogP contribution >= 0.6 is 0 Å². The first kappa shape index (κ1) is 18.4. The molecule has 0 radical (unpaired) electrons. The first-order chi connectivity index (χ1) is 13.7. The van der Waals surface area contributed by atoms with E-state index in [2.05, 4.69) is 59.7 Å². The van der Waals surface area contributed by atoms with Crippen LogP contribution in [0.1, 0.15) is 45.2 Å². The van der Waals surface area contributed by atoms with Crippen LogP contribution in [0.5, 0.6) is 5.75 Å².